The van der Waals surface area contributed by atoms with Crippen LogP contribution < -0.4 is 10.2 Å². The monoisotopic (exact) mass is 291 g/mol. The average Bonchev–Trinajstić information content (AvgIpc) is 2.54. The van der Waals surface area contributed by atoms with Gasteiger partial charge in [-0.05, 0) is 32.7 Å². The molecule has 0 bridgehead atoms. The van der Waals surface area contributed by atoms with Crippen molar-refractivity contribution in [1.29, 1.82) is 0 Å². The highest BCUT2D eigenvalue weighted by atomic mass is 15.2. The summed E-state index contributed by atoms with van der Waals surface area (Å²) in [6.45, 7) is 11.0. The maximum atomic E-state index is 4.57. The van der Waals surface area contributed by atoms with Gasteiger partial charge in [0.25, 0.3) is 0 Å². The third kappa shape index (κ3) is 3.64. The Morgan fingerprint density at radius 1 is 1.24 bits per heavy atom. The summed E-state index contributed by atoms with van der Waals surface area (Å²) in [6, 6.07) is 0.586. The van der Waals surface area contributed by atoms with Crippen LogP contribution in [0.3, 0.4) is 0 Å². The van der Waals surface area contributed by atoms with Crippen molar-refractivity contribution in [2.45, 2.75) is 46.1 Å². The summed E-state index contributed by atoms with van der Waals surface area (Å²) in [7, 11) is 2.18. The van der Waals surface area contributed by atoms with Gasteiger partial charge >= 0.3 is 0 Å². The molecular formula is C16H29N5. The van der Waals surface area contributed by atoms with E-state index < -0.39 is 0 Å². The lowest BCUT2D eigenvalue weighted by Crippen LogP contribution is -2.43. The van der Waals surface area contributed by atoms with Crippen LogP contribution in [0.1, 0.15) is 39.2 Å². The van der Waals surface area contributed by atoms with Gasteiger partial charge in [-0.2, -0.15) is 0 Å². The van der Waals surface area contributed by atoms with E-state index in [1.165, 1.54) is 31.5 Å². The molecule has 0 atom stereocenters. The van der Waals surface area contributed by atoms with E-state index in [1.807, 2.05) is 0 Å². The molecule has 5 heteroatoms. The molecule has 0 radical (unpaired) electrons. The van der Waals surface area contributed by atoms with Crippen LogP contribution >= 0.6 is 0 Å². The van der Waals surface area contributed by atoms with Crippen molar-refractivity contribution in [2.75, 3.05) is 43.4 Å². The van der Waals surface area contributed by atoms with E-state index in [4.69, 9.17) is 0 Å². The second-order valence-corrected chi connectivity index (χ2v) is 5.68. The largest absolute Gasteiger partial charge is 0.370 e. The molecule has 118 valence electrons. The highest BCUT2D eigenvalue weighted by Gasteiger charge is 2.24. The molecule has 5 nitrogen and oxygen atoms in total. The lowest BCUT2D eigenvalue weighted by molar-refractivity contribution is 0.220. The van der Waals surface area contributed by atoms with Gasteiger partial charge in [-0.3, -0.25) is 0 Å². The molecule has 1 fully saturated rings. The molecule has 2 rings (SSSR count). The van der Waals surface area contributed by atoms with Crippen molar-refractivity contribution in [3.05, 3.63) is 11.9 Å². The summed E-state index contributed by atoms with van der Waals surface area (Å²) in [5.74, 6) is 2.08. The maximum absolute atomic E-state index is 4.57. The smallest absolute Gasteiger partial charge is 0.137 e. The molecule has 0 saturated carbocycles. The molecule has 0 amide bonds. The van der Waals surface area contributed by atoms with E-state index in [0.717, 1.165) is 31.1 Å². The number of hydrogen-bond donors (Lipinski definition) is 1. The predicted molar refractivity (Wildman–Crippen MR) is 89.1 cm³/mol. The van der Waals surface area contributed by atoms with Crippen LogP contribution in [0.4, 0.5) is 11.6 Å². The van der Waals surface area contributed by atoms with E-state index >= 15 is 0 Å². The number of rotatable bonds is 6. The van der Waals surface area contributed by atoms with Gasteiger partial charge in [-0.1, -0.05) is 13.8 Å². The Balaban J connectivity index is 2.15. The molecule has 21 heavy (non-hydrogen) atoms. The Labute approximate surface area is 128 Å². The Morgan fingerprint density at radius 3 is 2.52 bits per heavy atom. The number of aromatic nitrogens is 2. The number of piperidine rings is 1. The molecule has 0 aromatic carbocycles. The van der Waals surface area contributed by atoms with Crippen LogP contribution in [-0.4, -0.2) is 54.1 Å². The minimum atomic E-state index is 0.586. The molecule has 1 saturated heterocycles. The first kappa shape index (κ1) is 16.0. The third-order valence-corrected chi connectivity index (χ3v) is 4.51. The van der Waals surface area contributed by atoms with Crippen molar-refractivity contribution >= 4 is 11.6 Å². The molecule has 0 unspecified atom stereocenters. The topological polar surface area (TPSA) is 44.3 Å². The molecule has 0 spiro atoms. The zero-order chi connectivity index (χ0) is 15.2. The van der Waals surface area contributed by atoms with Crippen molar-refractivity contribution < 1.29 is 0 Å². The van der Waals surface area contributed by atoms with Gasteiger partial charge in [0.2, 0.25) is 0 Å². The van der Waals surface area contributed by atoms with Crippen LogP contribution in [0.15, 0.2) is 6.33 Å². The highest BCUT2D eigenvalue weighted by molar-refractivity contribution is 5.58. The Bertz CT molecular complexity index is 440. The molecule has 1 aromatic heterocycles. The lowest BCUT2D eigenvalue weighted by Gasteiger charge is -2.37. The first-order chi connectivity index (χ1) is 10.2. The van der Waals surface area contributed by atoms with Crippen molar-refractivity contribution in [3.63, 3.8) is 0 Å². The van der Waals surface area contributed by atoms with Gasteiger partial charge in [-0.25, -0.2) is 9.97 Å². The fraction of sp³-hybridized carbons (Fsp3) is 0.750. The summed E-state index contributed by atoms with van der Waals surface area (Å²) in [5, 5.41) is 3.36. The summed E-state index contributed by atoms with van der Waals surface area (Å²) < 4.78 is 0. The van der Waals surface area contributed by atoms with Crippen molar-refractivity contribution in [3.8, 4) is 0 Å². The Kier molecular flexibility index (Phi) is 5.79. The zero-order valence-corrected chi connectivity index (χ0v) is 13.9. The number of likely N-dealkylation sites (tertiary alicyclic amines) is 1. The van der Waals surface area contributed by atoms with Gasteiger partial charge < -0.3 is 15.1 Å². The summed E-state index contributed by atoms with van der Waals surface area (Å²) >= 11 is 0. The zero-order valence-electron chi connectivity index (χ0n) is 13.9. The molecular weight excluding hydrogens is 262 g/mol. The van der Waals surface area contributed by atoms with E-state index in [1.54, 1.807) is 6.33 Å². The number of nitrogens with one attached hydrogen (secondary N) is 1. The minimum absolute atomic E-state index is 0.586. The number of hydrogen-bond acceptors (Lipinski definition) is 5. The Hall–Kier alpha value is -1.36. The van der Waals surface area contributed by atoms with Gasteiger partial charge in [0.1, 0.15) is 18.0 Å². The highest BCUT2D eigenvalue weighted by Crippen LogP contribution is 2.27. The number of anilines is 2. The lowest BCUT2D eigenvalue weighted by atomic mass is 10.0. The fourth-order valence-electron chi connectivity index (χ4n) is 3.15. The normalized spacial score (nSPS) is 17.0. The van der Waals surface area contributed by atoms with Crippen LogP contribution in [-0.2, 0) is 6.42 Å². The first-order valence-electron chi connectivity index (χ1n) is 8.24. The molecule has 1 aliphatic rings. The van der Waals surface area contributed by atoms with Gasteiger partial charge in [0.15, 0.2) is 0 Å². The van der Waals surface area contributed by atoms with Crippen molar-refractivity contribution in [2.24, 2.45) is 0 Å². The van der Waals surface area contributed by atoms with E-state index in [0.29, 0.717) is 6.04 Å². The van der Waals surface area contributed by atoms with Gasteiger partial charge in [0, 0.05) is 38.3 Å². The molecule has 0 aliphatic carbocycles. The molecule has 1 aromatic rings. The fourth-order valence-corrected chi connectivity index (χ4v) is 3.15. The van der Waals surface area contributed by atoms with Crippen LogP contribution in [0.2, 0.25) is 0 Å². The van der Waals surface area contributed by atoms with Crippen molar-refractivity contribution in [1.82, 2.24) is 14.9 Å². The maximum Gasteiger partial charge on any atom is 0.137 e. The summed E-state index contributed by atoms with van der Waals surface area (Å²) in [5.41, 5.74) is 1.24. The second-order valence-electron chi connectivity index (χ2n) is 5.68. The Morgan fingerprint density at radius 2 is 1.95 bits per heavy atom. The van der Waals surface area contributed by atoms with Gasteiger partial charge in [-0.15, -0.1) is 0 Å². The number of nitrogens with zero attached hydrogens (tertiary/aromatic N) is 4. The SMILES string of the molecule is CCNc1ncnc(N(C)C2CCN(CC)CC2)c1CC. The predicted octanol–water partition coefficient (Wildman–Crippen LogP) is 2.39. The van der Waals surface area contributed by atoms with Crippen LogP contribution in [0.5, 0.6) is 0 Å². The third-order valence-electron chi connectivity index (χ3n) is 4.51. The van der Waals surface area contributed by atoms with Crippen LogP contribution in [0.25, 0.3) is 0 Å². The van der Waals surface area contributed by atoms with E-state index in [9.17, 15) is 0 Å². The summed E-state index contributed by atoms with van der Waals surface area (Å²) in [4.78, 5) is 13.9. The second kappa shape index (κ2) is 7.59. The van der Waals surface area contributed by atoms with Crippen LogP contribution in [0, 0.1) is 0 Å². The molecule has 1 aliphatic heterocycles. The average molecular weight is 291 g/mol. The minimum Gasteiger partial charge on any atom is -0.370 e. The van der Waals surface area contributed by atoms with E-state index in [2.05, 4.69) is 52.9 Å². The standard InChI is InChI=1S/C16H29N5/c1-5-14-15(17-6-2)18-12-19-16(14)20(4)13-8-10-21(7-3)11-9-13/h12-13H,5-11H2,1-4H3,(H,17,18,19). The molecule has 2 heterocycles. The molecule has 1 N–H and O–H groups in total. The summed E-state index contributed by atoms with van der Waals surface area (Å²) in [6.07, 6.45) is 5.07. The van der Waals surface area contributed by atoms with E-state index in [-0.39, 0.29) is 0 Å². The first-order valence-corrected chi connectivity index (χ1v) is 8.24. The van der Waals surface area contributed by atoms with Gasteiger partial charge in [0.05, 0.1) is 0 Å². The quantitative estimate of drug-likeness (QED) is 0.872.